The van der Waals surface area contributed by atoms with E-state index in [4.69, 9.17) is 6.42 Å². The highest BCUT2D eigenvalue weighted by atomic mass is 16.1. The van der Waals surface area contributed by atoms with Gasteiger partial charge in [0.1, 0.15) is 0 Å². The largest absolute Gasteiger partial charge is 0.356 e. The molecule has 1 N–H and O–H groups in total. The maximum atomic E-state index is 10.6. The number of hydrogen-bond donors (Lipinski definition) is 1. The monoisotopic (exact) mass is 123 g/mol. The number of nitrogens with one attached hydrogen (secondary N) is 1. The van der Waals surface area contributed by atoms with Gasteiger partial charge >= 0.3 is 0 Å². The van der Waals surface area contributed by atoms with Gasteiger partial charge in [0.25, 0.3) is 0 Å². The number of rotatable bonds is 0. The third-order valence-electron chi connectivity index (χ3n) is 1.48. The fourth-order valence-electron chi connectivity index (χ4n) is 0.926. The maximum absolute atomic E-state index is 10.6. The van der Waals surface area contributed by atoms with E-state index < -0.39 is 0 Å². The summed E-state index contributed by atoms with van der Waals surface area (Å²) in [6.45, 7) is 0.744. The summed E-state index contributed by atoms with van der Waals surface area (Å²) in [5.41, 5.74) is 0. The first-order chi connectivity index (χ1) is 4.33. The van der Waals surface area contributed by atoms with Gasteiger partial charge in [-0.15, -0.1) is 12.3 Å². The third-order valence-corrected chi connectivity index (χ3v) is 1.48. The summed E-state index contributed by atoms with van der Waals surface area (Å²) in [6, 6.07) is 0. The molecule has 0 aromatic heterocycles. The summed E-state index contributed by atoms with van der Waals surface area (Å²) in [6.07, 6.45) is 6.58. The second-order valence-electron chi connectivity index (χ2n) is 2.21. The SMILES string of the molecule is C#CC1CCNC(=O)C1. The smallest absolute Gasteiger partial charge is 0.221 e. The van der Waals surface area contributed by atoms with E-state index in [2.05, 4.69) is 11.2 Å². The topological polar surface area (TPSA) is 29.1 Å². The van der Waals surface area contributed by atoms with E-state index in [1.54, 1.807) is 0 Å². The summed E-state index contributed by atoms with van der Waals surface area (Å²) in [7, 11) is 0. The van der Waals surface area contributed by atoms with Crippen LogP contribution in [0.3, 0.4) is 0 Å². The molecule has 1 heterocycles. The minimum absolute atomic E-state index is 0.0872. The predicted molar refractivity (Wildman–Crippen MR) is 34.6 cm³/mol. The van der Waals surface area contributed by atoms with Crippen LogP contribution in [-0.4, -0.2) is 12.5 Å². The molecule has 1 saturated heterocycles. The third kappa shape index (κ3) is 1.46. The van der Waals surface area contributed by atoms with Crippen molar-refractivity contribution >= 4 is 5.91 Å². The summed E-state index contributed by atoms with van der Waals surface area (Å²) in [4.78, 5) is 10.6. The Kier molecular flexibility index (Phi) is 1.74. The zero-order valence-corrected chi connectivity index (χ0v) is 5.18. The molecule has 2 heteroatoms. The van der Waals surface area contributed by atoms with Gasteiger partial charge in [-0.1, -0.05) is 0 Å². The average molecular weight is 123 g/mol. The summed E-state index contributed by atoms with van der Waals surface area (Å²) < 4.78 is 0. The number of piperidine rings is 1. The molecular formula is C7H9NO. The highest BCUT2D eigenvalue weighted by molar-refractivity contribution is 5.77. The van der Waals surface area contributed by atoms with Crippen LogP contribution in [0.1, 0.15) is 12.8 Å². The lowest BCUT2D eigenvalue weighted by Crippen LogP contribution is -2.32. The van der Waals surface area contributed by atoms with Gasteiger partial charge in [-0.3, -0.25) is 4.79 Å². The van der Waals surface area contributed by atoms with Crippen molar-refractivity contribution in [2.24, 2.45) is 5.92 Å². The number of terminal acetylenes is 1. The van der Waals surface area contributed by atoms with Gasteiger partial charge in [0, 0.05) is 18.9 Å². The first-order valence-electron chi connectivity index (χ1n) is 3.06. The van der Waals surface area contributed by atoms with E-state index in [1.165, 1.54) is 0 Å². The van der Waals surface area contributed by atoms with Crippen molar-refractivity contribution in [3.8, 4) is 12.3 Å². The summed E-state index contributed by atoms with van der Waals surface area (Å²) in [5, 5.41) is 2.71. The van der Waals surface area contributed by atoms with Crippen molar-refractivity contribution < 1.29 is 4.79 Å². The highest BCUT2D eigenvalue weighted by Crippen LogP contribution is 2.09. The Hall–Kier alpha value is -0.970. The van der Waals surface area contributed by atoms with Crippen molar-refractivity contribution in [2.75, 3.05) is 6.54 Å². The lowest BCUT2D eigenvalue weighted by Gasteiger charge is -2.16. The van der Waals surface area contributed by atoms with Crippen LogP contribution in [0, 0.1) is 18.3 Å². The van der Waals surface area contributed by atoms with Crippen LogP contribution in [0.2, 0.25) is 0 Å². The number of carbonyl (C=O) groups excluding carboxylic acids is 1. The number of carbonyl (C=O) groups is 1. The predicted octanol–water partition coefficient (Wildman–Crippen LogP) is 0.146. The van der Waals surface area contributed by atoms with Gasteiger partial charge < -0.3 is 5.32 Å². The van der Waals surface area contributed by atoms with E-state index in [1.807, 2.05) is 0 Å². The maximum Gasteiger partial charge on any atom is 0.221 e. The van der Waals surface area contributed by atoms with Gasteiger partial charge in [0.05, 0.1) is 0 Å². The first-order valence-corrected chi connectivity index (χ1v) is 3.06. The molecule has 0 spiro atoms. The molecular weight excluding hydrogens is 114 g/mol. The zero-order chi connectivity index (χ0) is 6.69. The zero-order valence-electron chi connectivity index (χ0n) is 5.18. The minimum atomic E-state index is 0.0872. The molecule has 0 aromatic rings. The molecule has 1 fully saturated rings. The fourth-order valence-corrected chi connectivity index (χ4v) is 0.926. The molecule has 0 bridgehead atoms. The second-order valence-corrected chi connectivity index (χ2v) is 2.21. The van der Waals surface area contributed by atoms with Gasteiger partial charge in [-0.2, -0.15) is 0 Å². The molecule has 1 rings (SSSR count). The molecule has 0 aliphatic carbocycles. The summed E-state index contributed by atoms with van der Waals surface area (Å²) >= 11 is 0. The fraction of sp³-hybridized carbons (Fsp3) is 0.571. The van der Waals surface area contributed by atoms with E-state index >= 15 is 0 Å². The Morgan fingerprint density at radius 3 is 3.00 bits per heavy atom. The van der Waals surface area contributed by atoms with Crippen molar-refractivity contribution in [2.45, 2.75) is 12.8 Å². The van der Waals surface area contributed by atoms with E-state index in [9.17, 15) is 4.79 Å². The van der Waals surface area contributed by atoms with Gasteiger partial charge in [0.15, 0.2) is 0 Å². The Morgan fingerprint density at radius 2 is 2.56 bits per heavy atom. The standard InChI is InChI=1S/C7H9NO/c1-2-6-3-4-8-7(9)5-6/h1,6H,3-5H2,(H,8,9). The molecule has 0 radical (unpaired) electrons. The molecule has 1 amide bonds. The van der Waals surface area contributed by atoms with Crippen LogP contribution in [-0.2, 0) is 4.79 Å². The Bertz CT molecular complexity index is 157. The molecule has 0 saturated carbocycles. The van der Waals surface area contributed by atoms with Crippen LogP contribution >= 0.6 is 0 Å². The lowest BCUT2D eigenvalue weighted by molar-refractivity contribution is -0.122. The van der Waals surface area contributed by atoms with Crippen LogP contribution in [0.15, 0.2) is 0 Å². The molecule has 1 aliphatic heterocycles. The van der Waals surface area contributed by atoms with E-state index in [0.717, 1.165) is 13.0 Å². The van der Waals surface area contributed by atoms with E-state index in [-0.39, 0.29) is 11.8 Å². The minimum Gasteiger partial charge on any atom is -0.356 e. The molecule has 1 unspecified atom stereocenters. The average Bonchev–Trinajstić information content (AvgIpc) is 1.88. The van der Waals surface area contributed by atoms with Gasteiger partial charge in [-0.05, 0) is 6.42 Å². The van der Waals surface area contributed by atoms with E-state index in [0.29, 0.717) is 6.42 Å². The van der Waals surface area contributed by atoms with Crippen LogP contribution < -0.4 is 5.32 Å². The normalized spacial score (nSPS) is 26.6. The van der Waals surface area contributed by atoms with Crippen LogP contribution in [0.4, 0.5) is 0 Å². The van der Waals surface area contributed by atoms with Crippen molar-refractivity contribution in [3.05, 3.63) is 0 Å². The summed E-state index contributed by atoms with van der Waals surface area (Å²) in [5.74, 6) is 2.84. The van der Waals surface area contributed by atoms with Crippen LogP contribution in [0.25, 0.3) is 0 Å². The molecule has 48 valence electrons. The Labute approximate surface area is 54.6 Å². The Morgan fingerprint density at radius 1 is 1.78 bits per heavy atom. The van der Waals surface area contributed by atoms with Gasteiger partial charge in [-0.25, -0.2) is 0 Å². The molecule has 1 atom stereocenters. The highest BCUT2D eigenvalue weighted by Gasteiger charge is 2.15. The molecule has 9 heavy (non-hydrogen) atoms. The number of amides is 1. The Balaban J connectivity index is 2.43. The molecule has 1 aliphatic rings. The first kappa shape index (κ1) is 6.15. The van der Waals surface area contributed by atoms with Crippen molar-refractivity contribution in [3.63, 3.8) is 0 Å². The quantitative estimate of drug-likeness (QED) is 0.456. The van der Waals surface area contributed by atoms with Gasteiger partial charge in [0.2, 0.25) is 5.91 Å². The second kappa shape index (κ2) is 2.54. The van der Waals surface area contributed by atoms with Crippen molar-refractivity contribution in [1.29, 1.82) is 0 Å². The number of hydrogen-bond acceptors (Lipinski definition) is 1. The molecule has 2 nitrogen and oxygen atoms in total. The van der Waals surface area contributed by atoms with Crippen molar-refractivity contribution in [1.82, 2.24) is 5.32 Å². The van der Waals surface area contributed by atoms with Crippen LogP contribution in [0.5, 0.6) is 0 Å². The molecule has 0 aromatic carbocycles. The lowest BCUT2D eigenvalue weighted by atomic mass is 9.99.